The summed E-state index contributed by atoms with van der Waals surface area (Å²) in [7, 11) is 0. The van der Waals surface area contributed by atoms with Crippen molar-refractivity contribution in [2.75, 3.05) is 0 Å². The third-order valence-corrected chi connectivity index (χ3v) is 3.70. The largest absolute Gasteiger partial charge is 0.501 e. The van der Waals surface area contributed by atoms with Crippen LogP contribution in [-0.4, -0.2) is 31.1 Å². The first-order valence-electron chi connectivity index (χ1n) is 7.39. The van der Waals surface area contributed by atoms with E-state index in [1.807, 2.05) is 0 Å². The summed E-state index contributed by atoms with van der Waals surface area (Å²) in [6, 6.07) is 8.97. The van der Waals surface area contributed by atoms with Gasteiger partial charge in [-0.15, -0.1) is 0 Å². The number of pyridine rings is 1. The van der Waals surface area contributed by atoms with Crippen molar-refractivity contribution in [2.45, 2.75) is 6.54 Å². The van der Waals surface area contributed by atoms with E-state index in [9.17, 15) is 19.4 Å². The quantitative estimate of drug-likeness (QED) is 0.648. The molecule has 26 heavy (non-hydrogen) atoms. The topological polar surface area (TPSA) is 108 Å². The molecule has 0 fully saturated rings. The highest BCUT2D eigenvalue weighted by Crippen LogP contribution is 2.28. The molecule has 2 heterocycles. The van der Waals surface area contributed by atoms with Crippen molar-refractivity contribution in [1.82, 2.24) is 20.3 Å². The fourth-order valence-corrected chi connectivity index (χ4v) is 2.33. The summed E-state index contributed by atoms with van der Waals surface area (Å²) in [5, 5.41) is 22.1. The molecule has 3 N–H and O–H groups in total. The van der Waals surface area contributed by atoms with Gasteiger partial charge in [-0.25, -0.2) is 9.37 Å². The predicted molar refractivity (Wildman–Crippen MR) is 91.2 cm³/mol. The molecule has 0 bridgehead atoms. The highest BCUT2D eigenvalue weighted by atomic mass is 35.5. The number of aromatic nitrogens is 3. The number of nitrogens with one attached hydrogen (secondary N) is 1. The zero-order valence-electron chi connectivity index (χ0n) is 13.1. The lowest BCUT2D eigenvalue weighted by molar-refractivity contribution is 0.0942. The maximum absolute atomic E-state index is 13.2. The Morgan fingerprint density at radius 1 is 1.19 bits per heavy atom. The smallest absolute Gasteiger partial charge is 0.274 e. The molecule has 0 unspecified atom stereocenters. The number of nitrogens with zero attached hydrogens (tertiary/aromatic N) is 3. The van der Waals surface area contributed by atoms with Crippen molar-refractivity contribution < 1.29 is 19.4 Å². The number of rotatable bonds is 4. The summed E-state index contributed by atoms with van der Waals surface area (Å²) in [5.41, 5.74) is 0.459. The second-order valence-electron chi connectivity index (χ2n) is 5.21. The van der Waals surface area contributed by atoms with Gasteiger partial charge in [-0.05, 0) is 29.8 Å². The van der Waals surface area contributed by atoms with Crippen molar-refractivity contribution in [3.8, 4) is 23.1 Å². The van der Waals surface area contributed by atoms with Crippen LogP contribution in [0.1, 0.15) is 16.1 Å². The van der Waals surface area contributed by atoms with Crippen molar-refractivity contribution in [1.29, 1.82) is 0 Å². The Morgan fingerprint density at radius 3 is 2.69 bits per heavy atom. The molecule has 0 atom stereocenters. The lowest BCUT2D eigenvalue weighted by Crippen LogP contribution is -2.24. The average molecular weight is 375 g/mol. The van der Waals surface area contributed by atoms with Crippen LogP contribution >= 0.6 is 11.6 Å². The number of hydrogen-bond donors (Lipinski definition) is 3. The molecule has 7 nitrogen and oxygen atoms in total. The predicted octanol–water partition coefficient (Wildman–Crippen LogP) is 2.67. The van der Waals surface area contributed by atoms with Crippen LogP contribution in [0.25, 0.3) is 11.5 Å². The van der Waals surface area contributed by atoms with Crippen LogP contribution in [0.3, 0.4) is 0 Å². The van der Waals surface area contributed by atoms with E-state index >= 15 is 0 Å². The molecule has 0 aliphatic rings. The molecule has 2 aromatic heterocycles. The number of carbonyl (C=O) groups excluding carboxylic acids is 1. The van der Waals surface area contributed by atoms with Crippen molar-refractivity contribution in [3.63, 3.8) is 0 Å². The lowest BCUT2D eigenvalue weighted by atomic mass is 10.2. The summed E-state index contributed by atoms with van der Waals surface area (Å²) < 4.78 is 13.2. The second kappa shape index (κ2) is 7.32. The molecule has 1 aromatic carbocycles. The first-order chi connectivity index (χ1) is 12.5. The molecule has 0 saturated carbocycles. The fourth-order valence-electron chi connectivity index (χ4n) is 2.13. The molecule has 0 spiro atoms. The molecule has 3 rings (SSSR count). The standard InChI is InChI=1S/C17H12ClFN4O3/c18-10-7-9(4-5-11(10)19)8-21-16(25)13-14(24)17(26)23-15(22-13)12-3-1-2-6-20-12/h1-7,24H,8H2,(H,21,25)(H,22,23,26). The summed E-state index contributed by atoms with van der Waals surface area (Å²) in [4.78, 5) is 24.0. The van der Waals surface area contributed by atoms with Gasteiger partial charge in [0, 0.05) is 12.7 Å². The number of benzene rings is 1. The van der Waals surface area contributed by atoms with Crippen LogP contribution < -0.4 is 5.32 Å². The highest BCUT2D eigenvalue weighted by molar-refractivity contribution is 6.30. The Balaban J connectivity index is 1.84. The summed E-state index contributed by atoms with van der Waals surface area (Å²) in [6.45, 7) is 0.0158. The SMILES string of the molecule is O=C(NCc1ccc(F)c(Cl)c1)c1nc(-c2ccccn2)nc(O)c1O. The summed E-state index contributed by atoms with van der Waals surface area (Å²) in [5.74, 6) is -2.83. The first kappa shape index (κ1) is 17.6. The molecule has 0 aliphatic carbocycles. The van der Waals surface area contributed by atoms with Gasteiger partial charge in [-0.3, -0.25) is 9.78 Å². The summed E-state index contributed by atoms with van der Waals surface area (Å²) in [6.07, 6.45) is 1.50. The minimum Gasteiger partial charge on any atom is -0.501 e. The Morgan fingerprint density at radius 2 is 2.00 bits per heavy atom. The van der Waals surface area contributed by atoms with E-state index in [2.05, 4.69) is 20.3 Å². The van der Waals surface area contributed by atoms with Crippen molar-refractivity contribution >= 4 is 17.5 Å². The number of carbonyl (C=O) groups is 1. The molecule has 0 aliphatic heterocycles. The van der Waals surface area contributed by atoms with Crippen LogP contribution in [0.5, 0.6) is 11.6 Å². The van der Waals surface area contributed by atoms with E-state index < -0.39 is 29.0 Å². The maximum Gasteiger partial charge on any atom is 0.274 e. The summed E-state index contributed by atoms with van der Waals surface area (Å²) >= 11 is 5.69. The van der Waals surface area contributed by atoms with Gasteiger partial charge < -0.3 is 15.5 Å². The molecular formula is C17H12ClFN4O3. The number of amides is 1. The Hall–Kier alpha value is -3.26. The number of aromatic hydroxyl groups is 2. The van der Waals surface area contributed by atoms with E-state index in [0.717, 1.165) is 0 Å². The van der Waals surface area contributed by atoms with Gasteiger partial charge in [0.05, 0.1) is 5.02 Å². The second-order valence-corrected chi connectivity index (χ2v) is 5.62. The van der Waals surface area contributed by atoms with Crippen LogP contribution in [0.2, 0.25) is 5.02 Å². The minimum atomic E-state index is -0.752. The van der Waals surface area contributed by atoms with Crippen LogP contribution in [-0.2, 0) is 6.54 Å². The van der Waals surface area contributed by atoms with Gasteiger partial charge in [0.2, 0.25) is 5.75 Å². The fraction of sp³-hybridized carbons (Fsp3) is 0.0588. The van der Waals surface area contributed by atoms with E-state index in [0.29, 0.717) is 11.3 Å². The first-order valence-corrected chi connectivity index (χ1v) is 7.77. The van der Waals surface area contributed by atoms with Gasteiger partial charge in [0.25, 0.3) is 11.8 Å². The van der Waals surface area contributed by atoms with E-state index in [1.54, 1.807) is 18.2 Å². The number of hydrogen-bond acceptors (Lipinski definition) is 6. The van der Waals surface area contributed by atoms with Crippen LogP contribution in [0.4, 0.5) is 4.39 Å². The van der Waals surface area contributed by atoms with Gasteiger partial charge in [-0.1, -0.05) is 23.7 Å². The Labute approximate surface area is 152 Å². The molecule has 0 saturated heterocycles. The van der Waals surface area contributed by atoms with Crippen molar-refractivity contribution in [3.05, 3.63) is 64.7 Å². The van der Waals surface area contributed by atoms with Gasteiger partial charge in [0.15, 0.2) is 11.5 Å². The normalized spacial score (nSPS) is 10.5. The van der Waals surface area contributed by atoms with Crippen LogP contribution in [0.15, 0.2) is 42.6 Å². The minimum absolute atomic E-state index is 0.0158. The lowest BCUT2D eigenvalue weighted by Gasteiger charge is -2.09. The molecular weight excluding hydrogens is 363 g/mol. The van der Waals surface area contributed by atoms with Gasteiger partial charge in [-0.2, -0.15) is 4.98 Å². The third kappa shape index (κ3) is 3.70. The number of halogens is 2. The monoisotopic (exact) mass is 374 g/mol. The maximum atomic E-state index is 13.2. The molecule has 0 radical (unpaired) electrons. The van der Waals surface area contributed by atoms with Gasteiger partial charge in [0.1, 0.15) is 11.5 Å². The average Bonchev–Trinajstić information content (AvgIpc) is 2.65. The molecule has 1 amide bonds. The molecule has 9 heteroatoms. The van der Waals surface area contributed by atoms with E-state index in [1.165, 1.54) is 24.4 Å². The van der Waals surface area contributed by atoms with Gasteiger partial charge >= 0.3 is 0 Å². The molecule has 132 valence electrons. The van der Waals surface area contributed by atoms with Crippen molar-refractivity contribution in [2.24, 2.45) is 0 Å². The molecule has 3 aromatic rings. The zero-order chi connectivity index (χ0) is 18.7. The third-order valence-electron chi connectivity index (χ3n) is 3.41. The van der Waals surface area contributed by atoms with Crippen LogP contribution in [0, 0.1) is 5.82 Å². The highest BCUT2D eigenvalue weighted by Gasteiger charge is 2.20. The van der Waals surface area contributed by atoms with E-state index in [-0.39, 0.29) is 17.4 Å². The zero-order valence-corrected chi connectivity index (χ0v) is 13.9. The Kier molecular flexibility index (Phi) is 4.94. The Bertz CT molecular complexity index is 970. The van der Waals surface area contributed by atoms with E-state index in [4.69, 9.17) is 11.6 Å².